The summed E-state index contributed by atoms with van der Waals surface area (Å²) in [6.07, 6.45) is 0.110. The number of Topliss-reactive ketones (excluding diaryl/α,β-unsaturated/α-hetero) is 2. The lowest BCUT2D eigenvalue weighted by Crippen LogP contribution is -2.59. The number of ether oxygens (including phenoxy) is 3. The van der Waals surface area contributed by atoms with E-state index in [1.165, 1.54) is 20.3 Å². The van der Waals surface area contributed by atoms with E-state index in [9.17, 15) is 9.59 Å². The highest BCUT2D eigenvalue weighted by molar-refractivity contribution is 6.37. The van der Waals surface area contributed by atoms with E-state index < -0.39 is 23.2 Å². The lowest BCUT2D eigenvalue weighted by Gasteiger charge is -2.40. The minimum absolute atomic E-state index is 0.0780. The summed E-state index contributed by atoms with van der Waals surface area (Å²) in [5.41, 5.74) is -0.849. The second-order valence-electron chi connectivity index (χ2n) is 7.29. The van der Waals surface area contributed by atoms with Gasteiger partial charge in [0.1, 0.15) is 27.9 Å². The number of nitrogens with one attached hydrogen (secondary N) is 1. The predicted octanol–water partition coefficient (Wildman–Crippen LogP) is 4.08. The van der Waals surface area contributed by atoms with Crippen molar-refractivity contribution in [2.75, 3.05) is 14.2 Å². The molecule has 29 heavy (non-hydrogen) atoms. The van der Waals surface area contributed by atoms with Crippen molar-refractivity contribution in [2.45, 2.75) is 24.9 Å². The fourth-order valence-electron chi connectivity index (χ4n) is 4.31. The molecule has 6 nitrogen and oxygen atoms in total. The summed E-state index contributed by atoms with van der Waals surface area (Å²) >= 11 is 6.43. The zero-order valence-corrected chi connectivity index (χ0v) is 17.0. The Hall–Kier alpha value is -2.86. The Bertz CT molecular complexity index is 1040. The topological polar surface area (TPSA) is 85.7 Å². The molecule has 1 saturated carbocycles. The molecule has 1 aliphatic carbocycles. The minimum atomic E-state index is -1.61. The number of fused-ring (bicyclic) bond motifs is 1. The summed E-state index contributed by atoms with van der Waals surface area (Å²) in [5, 5.41) is 9.05. The van der Waals surface area contributed by atoms with Crippen LogP contribution in [0.25, 0.3) is 0 Å². The van der Waals surface area contributed by atoms with E-state index in [4.69, 9.17) is 31.2 Å². The molecule has 1 N–H and O–H groups in total. The number of benzene rings is 2. The Morgan fingerprint density at radius 1 is 1.14 bits per heavy atom. The van der Waals surface area contributed by atoms with Gasteiger partial charge < -0.3 is 19.6 Å². The first-order chi connectivity index (χ1) is 13.9. The molecule has 150 valence electrons. The third-order valence-corrected chi connectivity index (χ3v) is 6.12. The van der Waals surface area contributed by atoms with E-state index in [0.29, 0.717) is 11.3 Å². The molecule has 0 radical (unpaired) electrons. The Labute approximate surface area is 173 Å². The molecular weight excluding hydrogens is 394 g/mol. The van der Waals surface area contributed by atoms with Gasteiger partial charge in [0.2, 0.25) is 11.4 Å². The first-order valence-electron chi connectivity index (χ1n) is 9.21. The van der Waals surface area contributed by atoms with Crippen molar-refractivity contribution in [3.63, 3.8) is 0 Å². The lowest BCUT2D eigenvalue weighted by molar-refractivity contribution is -0.122. The predicted molar refractivity (Wildman–Crippen MR) is 108 cm³/mol. The maximum absolute atomic E-state index is 13.7. The van der Waals surface area contributed by atoms with Gasteiger partial charge in [0.05, 0.1) is 25.8 Å². The summed E-state index contributed by atoms with van der Waals surface area (Å²) in [5.74, 6) is -1.21. The molecule has 0 saturated heterocycles. The van der Waals surface area contributed by atoms with Gasteiger partial charge in [-0.1, -0.05) is 48.9 Å². The van der Waals surface area contributed by atoms with Crippen LogP contribution in [-0.2, 0) is 4.79 Å². The summed E-state index contributed by atoms with van der Waals surface area (Å²) in [6, 6.07) is 10.5. The Morgan fingerprint density at radius 2 is 1.79 bits per heavy atom. The van der Waals surface area contributed by atoms with Crippen molar-refractivity contribution in [1.82, 2.24) is 0 Å². The third-order valence-electron chi connectivity index (χ3n) is 5.76. The summed E-state index contributed by atoms with van der Waals surface area (Å²) in [6.45, 7) is 1.75. The number of carbonyl (C=O) groups excluding carboxylic acids is 2. The van der Waals surface area contributed by atoms with Crippen LogP contribution in [0.2, 0.25) is 5.02 Å². The monoisotopic (exact) mass is 413 g/mol. The van der Waals surface area contributed by atoms with Crippen molar-refractivity contribution >= 4 is 28.9 Å². The van der Waals surface area contributed by atoms with E-state index in [-0.39, 0.29) is 40.0 Å². The molecule has 3 atom stereocenters. The first-order valence-corrected chi connectivity index (χ1v) is 9.59. The van der Waals surface area contributed by atoms with E-state index in [0.717, 1.165) is 0 Å². The molecule has 2 aromatic carbocycles. The second-order valence-corrected chi connectivity index (χ2v) is 7.67. The number of hydrogen-bond acceptors (Lipinski definition) is 6. The van der Waals surface area contributed by atoms with Gasteiger partial charge in [-0.25, -0.2) is 0 Å². The van der Waals surface area contributed by atoms with Crippen LogP contribution in [0, 0.1) is 11.3 Å². The standard InChI is InChI=1S/C22H20ClNO5/c1-11-9-13(25)16(12-7-5-4-6-8-12)20(24)22(11)21(26)17-14(27-2)10-15(28-3)18(23)19(17)29-22/h4-8,10-11,16,24H,9H2,1-3H3/t11-,16?,22+/m1/s1. The molecule has 1 fully saturated rings. The SMILES string of the molecule is COc1cc(OC)c2c(c1Cl)O[C@@]1(C(=N)C(c3ccccc3)C(=O)C[C@H]1C)C2=O. The molecule has 1 heterocycles. The van der Waals surface area contributed by atoms with Crippen molar-refractivity contribution in [3.05, 3.63) is 52.5 Å². The maximum atomic E-state index is 13.7. The van der Waals surface area contributed by atoms with Gasteiger partial charge in [-0.15, -0.1) is 0 Å². The molecule has 1 aliphatic heterocycles. The summed E-state index contributed by atoms with van der Waals surface area (Å²) < 4.78 is 16.8. The van der Waals surface area contributed by atoms with E-state index in [1.807, 2.05) is 6.07 Å². The smallest absolute Gasteiger partial charge is 0.220 e. The van der Waals surface area contributed by atoms with Crippen molar-refractivity contribution in [2.24, 2.45) is 5.92 Å². The Balaban J connectivity index is 1.89. The van der Waals surface area contributed by atoms with Crippen LogP contribution in [-0.4, -0.2) is 37.1 Å². The molecule has 0 aromatic heterocycles. The number of hydrogen-bond donors (Lipinski definition) is 1. The van der Waals surface area contributed by atoms with Crippen LogP contribution in [0.1, 0.15) is 35.2 Å². The van der Waals surface area contributed by atoms with Crippen LogP contribution >= 0.6 is 11.6 Å². The fraction of sp³-hybridized carbons (Fsp3) is 0.318. The highest BCUT2D eigenvalue weighted by Gasteiger charge is 2.62. The lowest BCUT2D eigenvalue weighted by atomic mass is 9.65. The van der Waals surface area contributed by atoms with Gasteiger partial charge in [0.15, 0.2) is 5.75 Å². The van der Waals surface area contributed by atoms with Gasteiger partial charge >= 0.3 is 0 Å². The fourth-order valence-corrected chi connectivity index (χ4v) is 4.57. The maximum Gasteiger partial charge on any atom is 0.220 e. The molecule has 1 spiro atoms. The minimum Gasteiger partial charge on any atom is -0.496 e. The number of rotatable bonds is 3. The molecule has 1 unspecified atom stereocenters. The zero-order valence-electron chi connectivity index (χ0n) is 16.2. The summed E-state index contributed by atoms with van der Waals surface area (Å²) in [4.78, 5) is 26.5. The molecule has 2 aromatic rings. The first kappa shape index (κ1) is 19.5. The van der Waals surface area contributed by atoms with Crippen LogP contribution in [0.5, 0.6) is 17.2 Å². The molecule has 0 bridgehead atoms. The van der Waals surface area contributed by atoms with E-state index in [1.54, 1.807) is 31.2 Å². The van der Waals surface area contributed by atoms with Gasteiger partial charge in [0, 0.05) is 18.4 Å². The molecule has 7 heteroatoms. The van der Waals surface area contributed by atoms with Gasteiger partial charge in [-0.3, -0.25) is 9.59 Å². The van der Waals surface area contributed by atoms with Crippen LogP contribution in [0.15, 0.2) is 36.4 Å². The van der Waals surface area contributed by atoms with Crippen molar-refractivity contribution in [1.29, 1.82) is 5.41 Å². The quantitative estimate of drug-likeness (QED) is 0.819. The molecule has 0 amide bonds. The highest BCUT2D eigenvalue weighted by atomic mass is 35.5. The molecule has 4 rings (SSSR count). The number of carbonyl (C=O) groups is 2. The number of ketones is 2. The van der Waals surface area contributed by atoms with Gasteiger partial charge in [-0.05, 0) is 5.56 Å². The van der Waals surface area contributed by atoms with Crippen LogP contribution in [0.4, 0.5) is 0 Å². The molecular formula is C22H20ClNO5. The van der Waals surface area contributed by atoms with Gasteiger partial charge in [-0.2, -0.15) is 0 Å². The third kappa shape index (κ3) is 2.59. The zero-order chi connectivity index (χ0) is 20.9. The largest absolute Gasteiger partial charge is 0.496 e. The Morgan fingerprint density at radius 3 is 2.41 bits per heavy atom. The average molecular weight is 414 g/mol. The normalized spacial score (nSPS) is 25.7. The van der Waals surface area contributed by atoms with Crippen LogP contribution < -0.4 is 14.2 Å². The highest BCUT2D eigenvalue weighted by Crippen LogP contribution is 2.54. The number of halogens is 1. The van der Waals surface area contributed by atoms with Gasteiger partial charge in [0.25, 0.3) is 0 Å². The van der Waals surface area contributed by atoms with E-state index >= 15 is 0 Å². The summed E-state index contributed by atoms with van der Waals surface area (Å²) in [7, 11) is 2.89. The molecule has 2 aliphatic rings. The number of methoxy groups -OCH3 is 2. The Kier molecular flexibility index (Phi) is 4.62. The average Bonchev–Trinajstić information content (AvgIpc) is 3.03. The van der Waals surface area contributed by atoms with Crippen molar-refractivity contribution in [3.8, 4) is 17.2 Å². The van der Waals surface area contributed by atoms with Crippen LogP contribution in [0.3, 0.4) is 0 Å². The second kappa shape index (κ2) is 6.88. The van der Waals surface area contributed by atoms with E-state index in [2.05, 4.69) is 0 Å². The van der Waals surface area contributed by atoms with Crippen molar-refractivity contribution < 1.29 is 23.8 Å².